The van der Waals surface area contributed by atoms with Gasteiger partial charge in [0, 0.05) is 24.5 Å². The van der Waals surface area contributed by atoms with Crippen LogP contribution in [-0.2, 0) is 13.0 Å². The highest BCUT2D eigenvalue weighted by atomic mass is 15.0. The van der Waals surface area contributed by atoms with Crippen molar-refractivity contribution in [1.29, 1.82) is 0 Å². The molecular weight excluding hydrogens is 162 g/mol. The topological polar surface area (TPSA) is 43.8 Å². The van der Waals surface area contributed by atoms with Crippen LogP contribution < -0.4 is 5.73 Å². The maximum Gasteiger partial charge on any atom is 0.0948 e. The minimum atomic E-state index is 0.333. The number of hydrogen-bond donors (Lipinski definition) is 1. The third-order valence-corrected chi connectivity index (χ3v) is 2.78. The molecule has 3 heteroatoms. The number of aromatic nitrogens is 2. The average molecular weight is 179 g/mol. The zero-order valence-corrected chi connectivity index (χ0v) is 8.11. The summed E-state index contributed by atoms with van der Waals surface area (Å²) in [5.41, 5.74) is 7.17. The fourth-order valence-corrected chi connectivity index (χ4v) is 2.17. The Morgan fingerprint density at radius 3 is 3.38 bits per heavy atom. The van der Waals surface area contributed by atoms with Gasteiger partial charge in [0.1, 0.15) is 0 Å². The summed E-state index contributed by atoms with van der Waals surface area (Å²) in [4.78, 5) is 4.15. The summed E-state index contributed by atoms with van der Waals surface area (Å²) in [6.45, 7) is 3.21. The Hall–Kier alpha value is -0.830. The smallest absolute Gasteiger partial charge is 0.0948 e. The summed E-state index contributed by atoms with van der Waals surface area (Å²) in [6, 6.07) is 0.333. The van der Waals surface area contributed by atoms with Crippen LogP contribution in [0.3, 0.4) is 0 Å². The van der Waals surface area contributed by atoms with Gasteiger partial charge >= 0.3 is 0 Å². The zero-order valence-electron chi connectivity index (χ0n) is 8.11. The first-order valence-electron chi connectivity index (χ1n) is 5.00. The lowest BCUT2D eigenvalue weighted by atomic mass is 9.90. The molecule has 2 N–H and O–H groups in total. The van der Waals surface area contributed by atoms with Crippen molar-refractivity contribution in [1.82, 2.24) is 9.55 Å². The van der Waals surface area contributed by atoms with E-state index in [1.54, 1.807) is 0 Å². The monoisotopic (exact) mass is 179 g/mol. The van der Waals surface area contributed by atoms with E-state index in [2.05, 4.69) is 16.5 Å². The molecule has 0 amide bonds. The summed E-state index contributed by atoms with van der Waals surface area (Å²) in [5.74, 6) is 0.768. The third kappa shape index (κ3) is 1.91. The van der Waals surface area contributed by atoms with Crippen LogP contribution in [0.1, 0.15) is 25.5 Å². The van der Waals surface area contributed by atoms with Crippen LogP contribution in [0.2, 0.25) is 0 Å². The molecule has 0 aliphatic carbocycles. The van der Waals surface area contributed by atoms with Gasteiger partial charge in [0.15, 0.2) is 0 Å². The number of rotatable bonds is 2. The van der Waals surface area contributed by atoms with E-state index in [0.717, 1.165) is 25.3 Å². The van der Waals surface area contributed by atoms with E-state index >= 15 is 0 Å². The summed E-state index contributed by atoms with van der Waals surface area (Å²) in [6.07, 6.45) is 7.46. The highest BCUT2D eigenvalue weighted by Crippen LogP contribution is 2.23. The number of nitrogens with two attached hydrogens (primary N) is 1. The van der Waals surface area contributed by atoms with E-state index in [9.17, 15) is 0 Å². The van der Waals surface area contributed by atoms with Gasteiger partial charge < -0.3 is 10.3 Å². The Morgan fingerprint density at radius 2 is 2.62 bits per heavy atom. The Kier molecular flexibility index (Phi) is 2.36. The first-order valence-corrected chi connectivity index (χ1v) is 5.00. The summed E-state index contributed by atoms with van der Waals surface area (Å²) in [7, 11) is 0. The number of hydrogen-bond acceptors (Lipinski definition) is 2. The van der Waals surface area contributed by atoms with Crippen LogP contribution in [0.15, 0.2) is 12.5 Å². The van der Waals surface area contributed by atoms with E-state index in [-0.39, 0.29) is 0 Å². The van der Waals surface area contributed by atoms with Crippen LogP contribution in [0.25, 0.3) is 0 Å². The predicted octanol–water partition coefficient (Wildman–Crippen LogP) is 1.18. The normalized spacial score (nSPS) is 24.0. The van der Waals surface area contributed by atoms with Crippen molar-refractivity contribution in [2.75, 3.05) is 0 Å². The maximum absolute atomic E-state index is 5.80. The Balaban J connectivity index is 2.00. The van der Waals surface area contributed by atoms with E-state index in [1.165, 1.54) is 12.1 Å². The second kappa shape index (κ2) is 3.50. The maximum atomic E-state index is 5.80. The fourth-order valence-electron chi connectivity index (χ4n) is 2.17. The molecule has 0 radical (unpaired) electrons. The van der Waals surface area contributed by atoms with Crippen LogP contribution >= 0.6 is 0 Å². The van der Waals surface area contributed by atoms with E-state index in [0.29, 0.717) is 6.04 Å². The number of aryl methyl sites for hydroxylation is 1. The molecule has 1 aromatic rings. The van der Waals surface area contributed by atoms with Gasteiger partial charge in [0.05, 0.1) is 6.33 Å². The molecule has 2 unspecified atom stereocenters. The van der Waals surface area contributed by atoms with Gasteiger partial charge in [0.25, 0.3) is 0 Å². The van der Waals surface area contributed by atoms with Crippen molar-refractivity contribution in [3.8, 4) is 0 Å². The highest BCUT2D eigenvalue weighted by Gasteiger charge is 2.19. The molecular formula is C10H17N3. The molecule has 2 heterocycles. The van der Waals surface area contributed by atoms with E-state index in [4.69, 9.17) is 5.73 Å². The van der Waals surface area contributed by atoms with Gasteiger partial charge in [-0.2, -0.15) is 0 Å². The fraction of sp³-hybridized carbons (Fsp3) is 0.700. The Bertz CT molecular complexity index is 277. The third-order valence-electron chi connectivity index (χ3n) is 2.78. The van der Waals surface area contributed by atoms with Crippen molar-refractivity contribution in [2.45, 2.75) is 38.8 Å². The molecule has 0 saturated heterocycles. The van der Waals surface area contributed by atoms with Crippen LogP contribution in [0, 0.1) is 5.92 Å². The molecule has 3 nitrogen and oxygen atoms in total. The van der Waals surface area contributed by atoms with Crippen LogP contribution in [0.4, 0.5) is 0 Å². The van der Waals surface area contributed by atoms with Crippen molar-refractivity contribution in [3.05, 3.63) is 18.2 Å². The summed E-state index contributed by atoms with van der Waals surface area (Å²) in [5, 5.41) is 0. The second-order valence-corrected chi connectivity index (χ2v) is 4.15. The molecule has 72 valence electrons. The Morgan fingerprint density at radius 1 is 1.77 bits per heavy atom. The molecule has 0 bridgehead atoms. The largest absolute Gasteiger partial charge is 0.335 e. The predicted molar refractivity (Wildman–Crippen MR) is 52.3 cm³/mol. The van der Waals surface area contributed by atoms with Gasteiger partial charge in [-0.25, -0.2) is 4.98 Å². The van der Waals surface area contributed by atoms with Crippen LogP contribution in [0.5, 0.6) is 0 Å². The Labute approximate surface area is 79.0 Å². The minimum absolute atomic E-state index is 0.333. The minimum Gasteiger partial charge on any atom is -0.335 e. The lowest BCUT2D eigenvalue weighted by molar-refractivity contribution is 0.349. The van der Waals surface area contributed by atoms with Crippen molar-refractivity contribution in [2.24, 2.45) is 11.7 Å². The van der Waals surface area contributed by atoms with Gasteiger partial charge in [-0.05, 0) is 32.1 Å². The number of nitrogens with zero attached hydrogens (tertiary/aromatic N) is 2. The SMILES string of the molecule is CC(N)CC1CCn2cncc2C1. The molecule has 1 aliphatic heterocycles. The average Bonchev–Trinajstić information content (AvgIpc) is 2.49. The van der Waals surface area contributed by atoms with Crippen molar-refractivity contribution >= 4 is 0 Å². The molecule has 0 aromatic carbocycles. The standard InChI is InChI=1S/C10H17N3/c1-8(11)4-9-2-3-13-7-12-6-10(13)5-9/h6-9H,2-5,11H2,1H3. The number of fused-ring (bicyclic) bond motifs is 1. The molecule has 1 aromatic heterocycles. The van der Waals surface area contributed by atoms with E-state index < -0.39 is 0 Å². The quantitative estimate of drug-likeness (QED) is 0.741. The molecule has 1 aliphatic rings. The van der Waals surface area contributed by atoms with E-state index in [1.807, 2.05) is 12.5 Å². The molecule has 0 fully saturated rings. The lowest BCUT2D eigenvalue weighted by Crippen LogP contribution is -2.25. The van der Waals surface area contributed by atoms with Gasteiger partial charge in [-0.15, -0.1) is 0 Å². The summed E-state index contributed by atoms with van der Waals surface area (Å²) >= 11 is 0. The van der Waals surface area contributed by atoms with Gasteiger partial charge in [0.2, 0.25) is 0 Å². The molecule has 2 atom stereocenters. The second-order valence-electron chi connectivity index (χ2n) is 4.15. The van der Waals surface area contributed by atoms with Gasteiger partial charge in [-0.3, -0.25) is 0 Å². The lowest BCUT2D eigenvalue weighted by Gasteiger charge is -2.24. The highest BCUT2D eigenvalue weighted by molar-refractivity contribution is 5.02. The molecule has 2 rings (SSSR count). The number of imidazole rings is 1. The first-order chi connectivity index (χ1) is 6.25. The van der Waals surface area contributed by atoms with Crippen LogP contribution in [-0.4, -0.2) is 15.6 Å². The van der Waals surface area contributed by atoms with Crippen molar-refractivity contribution < 1.29 is 0 Å². The molecule has 0 saturated carbocycles. The molecule has 13 heavy (non-hydrogen) atoms. The first kappa shape index (κ1) is 8.75. The van der Waals surface area contributed by atoms with Crippen molar-refractivity contribution in [3.63, 3.8) is 0 Å². The zero-order chi connectivity index (χ0) is 9.26. The van der Waals surface area contributed by atoms with Gasteiger partial charge in [-0.1, -0.05) is 0 Å². The molecule has 0 spiro atoms. The summed E-state index contributed by atoms with van der Waals surface area (Å²) < 4.78 is 2.25.